The molecule has 0 atom stereocenters. The van der Waals surface area contributed by atoms with E-state index in [-0.39, 0.29) is 0 Å². The molecule has 1 N–H and O–H groups in total. The van der Waals surface area contributed by atoms with E-state index >= 15 is 0 Å². The molecule has 19 heavy (non-hydrogen) atoms. The van der Waals surface area contributed by atoms with Crippen LogP contribution < -0.4 is 14.8 Å². The number of anilines is 1. The van der Waals surface area contributed by atoms with Crippen LogP contribution in [-0.2, 0) is 0 Å². The van der Waals surface area contributed by atoms with Crippen LogP contribution in [0.1, 0.15) is 6.42 Å². The molecule has 5 heteroatoms. The Balaban J connectivity index is 1.98. The first-order valence-corrected chi connectivity index (χ1v) is 6.26. The minimum atomic E-state index is 0.683. The summed E-state index contributed by atoms with van der Waals surface area (Å²) in [7, 11) is 1.83. The molecule has 98 valence electrons. The Labute approximate surface area is 111 Å². The first-order chi connectivity index (χ1) is 9.36. The zero-order valence-corrected chi connectivity index (χ0v) is 10.7. The lowest BCUT2D eigenvalue weighted by molar-refractivity contribution is 0.297. The van der Waals surface area contributed by atoms with Gasteiger partial charge in [-0.2, -0.15) is 0 Å². The maximum absolute atomic E-state index is 5.68. The van der Waals surface area contributed by atoms with Gasteiger partial charge in [-0.3, -0.25) is 0 Å². The molecule has 0 bridgehead atoms. The van der Waals surface area contributed by atoms with Gasteiger partial charge < -0.3 is 14.8 Å². The average Bonchev–Trinajstić information content (AvgIpc) is 2.71. The predicted octanol–water partition coefficient (Wildman–Crippen LogP) is 2.35. The van der Waals surface area contributed by atoms with Gasteiger partial charge in [-0.05, 0) is 18.2 Å². The van der Waals surface area contributed by atoms with Gasteiger partial charge in [0.25, 0.3) is 0 Å². The van der Waals surface area contributed by atoms with Crippen LogP contribution in [0.4, 0.5) is 5.82 Å². The summed E-state index contributed by atoms with van der Waals surface area (Å²) >= 11 is 0. The fourth-order valence-corrected chi connectivity index (χ4v) is 1.97. The third kappa shape index (κ3) is 2.45. The summed E-state index contributed by atoms with van der Waals surface area (Å²) in [5, 5.41) is 3.00. The van der Waals surface area contributed by atoms with Gasteiger partial charge in [0.2, 0.25) is 0 Å². The zero-order chi connectivity index (χ0) is 13.1. The number of nitrogens with zero attached hydrogens (tertiary/aromatic N) is 2. The van der Waals surface area contributed by atoms with Gasteiger partial charge in [0.15, 0.2) is 11.5 Å². The van der Waals surface area contributed by atoms with Crippen molar-refractivity contribution in [2.75, 3.05) is 25.6 Å². The maximum atomic E-state index is 5.68. The Morgan fingerprint density at radius 2 is 1.89 bits per heavy atom. The zero-order valence-electron chi connectivity index (χ0n) is 10.7. The van der Waals surface area contributed by atoms with Gasteiger partial charge in [0.05, 0.1) is 18.9 Å². The molecule has 5 nitrogen and oxygen atoms in total. The Morgan fingerprint density at radius 3 is 2.74 bits per heavy atom. The van der Waals surface area contributed by atoms with Crippen LogP contribution in [0.2, 0.25) is 0 Å². The van der Waals surface area contributed by atoms with Crippen molar-refractivity contribution in [1.82, 2.24) is 9.97 Å². The first-order valence-electron chi connectivity index (χ1n) is 6.26. The molecule has 0 aliphatic carbocycles. The minimum absolute atomic E-state index is 0.683. The lowest BCUT2D eigenvalue weighted by Gasteiger charge is -2.09. The second kappa shape index (κ2) is 5.14. The number of fused-ring (bicyclic) bond motifs is 1. The van der Waals surface area contributed by atoms with Crippen LogP contribution in [0.3, 0.4) is 0 Å². The molecule has 1 aromatic heterocycles. The van der Waals surface area contributed by atoms with Crippen LogP contribution in [0.25, 0.3) is 11.3 Å². The highest BCUT2D eigenvalue weighted by Crippen LogP contribution is 2.33. The van der Waals surface area contributed by atoms with Crippen LogP contribution in [0.5, 0.6) is 11.5 Å². The number of hydrogen-bond acceptors (Lipinski definition) is 5. The van der Waals surface area contributed by atoms with Crippen molar-refractivity contribution in [3.8, 4) is 22.8 Å². The summed E-state index contributed by atoms with van der Waals surface area (Å²) in [5.41, 5.74) is 1.85. The minimum Gasteiger partial charge on any atom is -0.490 e. The van der Waals surface area contributed by atoms with Gasteiger partial charge in [-0.15, -0.1) is 0 Å². The van der Waals surface area contributed by atoms with Crippen LogP contribution >= 0.6 is 0 Å². The molecule has 0 saturated heterocycles. The summed E-state index contributed by atoms with van der Waals surface area (Å²) in [6.45, 7) is 1.38. The van der Waals surface area contributed by atoms with E-state index in [0.717, 1.165) is 35.0 Å². The standard InChI is InChI=1S/C14H15N3O2/c1-15-14-8-11(16-9-17-14)10-3-4-12-13(7-10)19-6-2-5-18-12/h3-4,7-9H,2,5-6H2,1H3,(H,15,16,17). The molecule has 0 fully saturated rings. The fourth-order valence-electron chi connectivity index (χ4n) is 1.97. The Hall–Kier alpha value is -2.30. The monoisotopic (exact) mass is 257 g/mol. The van der Waals surface area contributed by atoms with E-state index in [4.69, 9.17) is 9.47 Å². The summed E-state index contributed by atoms with van der Waals surface area (Å²) in [6.07, 6.45) is 2.45. The molecule has 0 amide bonds. The Kier molecular flexibility index (Phi) is 3.18. The molecule has 0 unspecified atom stereocenters. The topological polar surface area (TPSA) is 56.3 Å². The predicted molar refractivity (Wildman–Crippen MR) is 72.6 cm³/mol. The molecule has 1 aliphatic rings. The average molecular weight is 257 g/mol. The molecule has 2 heterocycles. The molecule has 0 radical (unpaired) electrons. The second-order valence-electron chi connectivity index (χ2n) is 4.25. The number of hydrogen-bond donors (Lipinski definition) is 1. The van der Waals surface area contributed by atoms with Crippen LogP contribution in [-0.4, -0.2) is 30.2 Å². The lowest BCUT2D eigenvalue weighted by Crippen LogP contribution is -1.97. The number of rotatable bonds is 2. The number of aromatic nitrogens is 2. The molecular formula is C14H15N3O2. The normalized spacial score (nSPS) is 13.7. The smallest absolute Gasteiger partial charge is 0.161 e. The van der Waals surface area contributed by atoms with E-state index in [0.29, 0.717) is 13.2 Å². The molecule has 1 aliphatic heterocycles. The Morgan fingerprint density at radius 1 is 1.05 bits per heavy atom. The summed E-state index contributed by atoms with van der Waals surface area (Å²) in [5.74, 6) is 2.36. The number of nitrogens with one attached hydrogen (secondary N) is 1. The van der Waals surface area contributed by atoms with E-state index in [1.807, 2.05) is 31.3 Å². The third-order valence-electron chi connectivity index (χ3n) is 2.97. The highest BCUT2D eigenvalue weighted by atomic mass is 16.5. The Bertz CT molecular complexity index is 587. The van der Waals surface area contributed by atoms with Gasteiger partial charge in [0.1, 0.15) is 12.1 Å². The van der Waals surface area contributed by atoms with Gasteiger partial charge >= 0.3 is 0 Å². The molecule has 0 saturated carbocycles. The third-order valence-corrected chi connectivity index (χ3v) is 2.97. The van der Waals surface area contributed by atoms with Gasteiger partial charge in [-0.25, -0.2) is 9.97 Å². The number of ether oxygens (including phenoxy) is 2. The van der Waals surface area contributed by atoms with Crippen molar-refractivity contribution in [2.45, 2.75) is 6.42 Å². The van der Waals surface area contributed by atoms with Gasteiger partial charge in [-0.1, -0.05) is 0 Å². The summed E-state index contributed by atoms with van der Waals surface area (Å²) in [4.78, 5) is 8.39. The van der Waals surface area contributed by atoms with Crippen LogP contribution in [0, 0.1) is 0 Å². The lowest BCUT2D eigenvalue weighted by atomic mass is 10.1. The quantitative estimate of drug-likeness (QED) is 0.895. The molecule has 3 rings (SSSR count). The SMILES string of the molecule is CNc1cc(-c2ccc3c(c2)OCCCO3)ncn1. The van der Waals surface area contributed by atoms with Crippen molar-refractivity contribution in [1.29, 1.82) is 0 Å². The van der Waals surface area contributed by atoms with E-state index in [1.165, 1.54) is 0 Å². The largest absolute Gasteiger partial charge is 0.490 e. The van der Waals surface area contributed by atoms with E-state index in [9.17, 15) is 0 Å². The highest BCUT2D eigenvalue weighted by molar-refractivity contribution is 5.66. The molecule has 1 aromatic carbocycles. The highest BCUT2D eigenvalue weighted by Gasteiger charge is 2.12. The van der Waals surface area contributed by atoms with Crippen molar-refractivity contribution in [3.63, 3.8) is 0 Å². The van der Waals surface area contributed by atoms with Crippen molar-refractivity contribution in [3.05, 3.63) is 30.6 Å². The van der Waals surface area contributed by atoms with Crippen molar-refractivity contribution in [2.24, 2.45) is 0 Å². The van der Waals surface area contributed by atoms with E-state index in [1.54, 1.807) is 6.33 Å². The van der Waals surface area contributed by atoms with E-state index in [2.05, 4.69) is 15.3 Å². The number of benzene rings is 1. The fraction of sp³-hybridized carbons (Fsp3) is 0.286. The van der Waals surface area contributed by atoms with Gasteiger partial charge in [0, 0.05) is 25.1 Å². The molecular weight excluding hydrogens is 242 g/mol. The first kappa shape index (κ1) is 11.8. The van der Waals surface area contributed by atoms with Crippen molar-refractivity contribution < 1.29 is 9.47 Å². The molecule has 0 spiro atoms. The van der Waals surface area contributed by atoms with E-state index < -0.39 is 0 Å². The van der Waals surface area contributed by atoms with Crippen LogP contribution in [0.15, 0.2) is 30.6 Å². The summed E-state index contributed by atoms with van der Waals surface area (Å²) < 4.78 is 11.3. The maximum Gasteiger partial charge on any atom is 0.161 e. The second-order valence-corrected chi connectivity index (χ2v) is 4.25. The summed E-state index contributed by atoms with van der Waals surface area (Å²) in [6, 6.07) is 7.77. The molecule has 2 aromatic rings. The van der Waals surface area contributed by atoms with Crippen molar-refractivity contribution >= 4 is 5.82 Å².